The van der Waals surface area contributed by atoms with Crippen LogP contribution in [0.3, 0.4) is 0 Å². The van der Waals surface area contributed by atoms with E-state index in [1.807, 2.05) is 0 Å². The van der Waals surface area contributed by atoms with Crippen LogP contribution in [0.15, 0.2) is 30.3 Å². The molecule has 0 amide bonds. The van der Waals surface area contributed by atoms with E-state index in [1.54, 1.807) is 24.3 Å². The molecule has 4 heteroatoms. The maximum Gasteiger partial charge on any atom is 0.338 e. The third-order valence-corrected chi connectivity index (χ3v) is 5.35. The number of ether oxygens (including phenoxy) is 1. The predicted molar refractivity (Wildman–Crippen MR) is 108 cm³/mol. The number of unbranched alkanes of at least 4 members (excludes halogenated alkanes) is 4. The lowest BCUT2D eigenvalue weighted by Crippen LogP contribution is -2.24. The number of carboxylic acids is 1. The highest BCUT2D eigenvalue weighted by Gasteiger charge is 2.24. The number of hydrogen-bond donors (Lipinski definition) is 1. The van der Waals surface area contributed by atoms with E-state index in [0.29, 0.717) is 5.56 Å². The van der Waals surface area contributed by atoms with Crippen LogP contribution >= 0.6 is 0 Å². The minimum Gasteiger partial charge on any atom is -0.478 e. The SMILES string of the molecule is CCCCCCCC1CCC(OC(=O)c2ccc(C=CC(=O)O)cc2)CC1. The quantitative estimate of drug-likeness (QED) is 0.317. The van der Waals surface area contributed by atoms with Gasteiger partial charge in [-0.2, -0.15) is 0 Å². The molecule has 0 aromatic heterocycles. The first-order chi connectivity index (χ1) is 13.1. The van der Waals surface area contributed by atoms with Crippen molar-refractivity contribution in [3.63, 3.8) is 0 Å². The van der Waals surface area contributed by atoms with Gasteiger partial charge in [-0.25, -0.2) is 9.59 Å². The van der Waals surface area contributed by atoms with Gasteiger partial charge in [-0.1, -0.05) is 57.6 Å². The molecule has 1 N–H and O–H groups in total. The second-order valence-corrected chi connectivity index (χ2v) is 7.54. The van der Waals surface area contributed by atoms with E-state index in [0.717, 1.165) is 43.2 Å². The summed E-state index contributed by atoms with van der Waals surface area (Å²) < 4.78 is 5.67. The van der Waals surface area contributed by atoms with Crippen LogP contribution in [0.5, 0.6) is 0 Å². The van der Waals surface area contributed by atoms with Crippen LogP contribution in [0.25, 0.3) is 6.08 Å². The van der Waals surface area contributed by atoms with Crippen LogP contribution in [0, 0.1) is 5.92 Å². The van der Waals surface area contributed by atoms with Gasteiger partial charge in [0.05, 0.1) is 5.56 Å². The van der Waals surface area contributed by atoms with Crippen molar-refractivity contribution in [3.05, 3.63) is 41.5 Å². The van der Waals surface area contributed by atoms with Crippen LogP contribution < -0.4 is 0 Å². The summed E-state index contributed by atoms with van der Waals surface area (Å²) in [5.74, 6) is -0.483. The monoisotopic (exact) mass is 372 g/mol. The molecule has 1 saturated carbocycles. The average Bonchev–Trinajstić information content (AvgIpc) is 2.68. The van der Waals surface area contributed by atoms with Crippen LogP contribution in [-0.4, -0.2) is 23.1 Å². The van der Waals surface area contributed by atoms with E-state index in [1.165, 1.54) is 44.6 Å². The molecule has 1 fully saturated rings. The van der Waals surface area contributed by atoms with Crippen molar-refractivity contribution in [2.75, 3.05) is 0 Å². The minimum absolute atomic E-state index is 0.0282. The van der Waals surface area contributed by atoms with Crippen molar-refractivity contribution in [1.29, 1.82) is 0 Å². The van der Waals surface area contributed by atoms with E-state index in [2.05, 4.69) is 6.92 Å². The number of carbonyl (C=O) groups excluding carboxylic acids is 1. The van der Waals surface area contributed by atoms with Gasteiger partial charge >= 0.3 is 11.9 Å². The molecule has 0 atom stereocenters. The molecule has 0 unspecified atom stereocenters. The number of esters is 1. The van der Waals surface area contributed by atoms with Gasteiger partial charge in [-0.3, -0.25) is 0 Å². The van der Waals surface area contributed by atoms with Crippen molar-refractivity contribution < 1.29 is 19.4 Å². The molecular weight excluding hydrogens is 340 g/mol. The summed E-state index contributed by atoms with van der Waals surface area (Å²) in [6.07, 6.45) is 14.8. The van der Waals surface area contributed by atoms with E-state index in [-0.39, 0.29) is 12.1 Å². The zero-order valence-corrected chi connectivity index (χ0v) is 16.4. The minimum atomic E-state index is -0.991. The fourth-order valence-electron chi connectivity index (χ4n) is 3.69. The lowest BCUT2D eigenvalue weighted by Gasteiger charge is -2.28. The Morgan fingerprint density at radius 2 is 1.70 bits per heavy atom. The van der Waals surface area contributed by atoms with Gasteiger partial charge in [-0.15, -0.1) is 0 Å². The Balaban J connectivity index is 1.70. The van der Waals surface area contributed by atoms with Crippen LogP contribution in [0.2, 0.25) is 0 Å². The van der Waals surface area contributed by atoms with Gasteiger partial charge in [-0.05, 0) is 55.4 Å². The van der Waals surface area contributed by atoms with Gasteiger partial charge in [0.1, 0.15) is 6.10 Å². The van der Waals surface area contributed by atoms with Gasteiger partial charge in [0.25, 0.3) is 0 Å². The van der Waals surface area contributed by atoms with Gasteiger partial charge in [0, 0.05) is 6.08 Å². The van der Waals surface area contributed by atoms with E-state index >= 15 is 0 Å². The summed E-state index contributed by atoms with van der Waals surface area (Å²) in [6.45, 7) is 2.24. The Morgan fingerprint density at radius 1 is 1.04 bits per heavy atom. The molecule has 0 aliphatic heterocycles. The van der Waals surface area contributed by atoms with Crippen molar-refractivity contribution in [3.8, 4) is 0 Å². The van der Waals surface area contributed by atoms with E-state index < -0.39 is 5.97 Å². The summed E-state index contributed by atoms with van der Waals surface area (Å²) in [5.41, 5.74) is 1.26. The second kappa shape index (κ2) is 11.6. The molecule has 4 nitrogen and oxygen atoms in total. The zero-order chi connectivity index (χ0) is 19.5. The highest BCUT2D eigenvalue weighted by molar-refractivity contribution is 5.90. The molecule has 0 radical (unpaired) electrons. The Morgan fingerprint density at radius 3 is 2.33 bits per heavy atom. The first-order valence-corrected chi connectivity index (χ1v) is 10.3. The number of carboxylic acid groups (broad SMARTS) is 1. The Labute approximate surface area is 162 Å². The molecule has 1 aliphatic carbocycles. The predicted octanol–water partition coefficient (Wildman–Crippen LogP) is 5.86. The first-order valence-electron chi connectivity index (χ1n) is 10.3. The van der Waals surface area contributed by atoms with Crippen LogP contribution in [0.1, 0.15) is 87.1 Å². The molecule has 0 spiro atoms. The van der Waals surface area contributed by atoms with Gasteiger partial charge < -0.3 is 9.84 Å². The third-order valence-electron chi connectivity index (χ3n) is 5.35. The number of aliphatic carboxylic acids is 1. The molecule has 0 heterocycles. The molecule has 1 aliphatic rings. The van der Waals surface area contributed by atoms with Crippen LogP contribution in [0.4, 0.5) is 0 Å². The standard InChI is InChI=1S/C23H32O4/c1-2-3-4-5-6-7-18-10-15-21(16-11-18)27-23(26)20-13-8-19(9-14-20)12-17-22(24)25/h8-9,12-14,17-18,21H,2-7,10-11,15-16H2,1H3,(H,24,25). The third kappa shape index (κ3) is 7.98. The fourth-order valence-corrected chi connectivity index (χ4v) is 3.69. The average molecular weight is 373 g/mol. The number of rotatable bonds is 10. The van der Waals surface area contributed by atoms with Crippen molar-refractivity contribution in [2.45, 2.75) is 77.2 Å². The molecule has 1 aromatic rings. The number of hydrogen-bond acceptors (Lipinski definition) is 3. The molecule has 148 valence electrons. The highest BCUT2D eigenvalue weighted by atomic mass is 16.5. The van der Waals surface area contributed by atoms with Gasteiger partial charge in [0.2, 0.25) is 0 Å². The van der Waals surface area contributed by atoms with Crippen molar-refractivity contribution in [1.82, 2.24) is 0 Å². The number of carbonyl (C=O) groups is 2. The lowest BCUT2D eigenvalue weighted by molar-refractivity contribution is -0.131. The fraction of sp³-hybridized carbons (Fsp3) is 0.565. The van der Waals surface area contributed by atoms with Crippen molar-refractivity contribution in [2.24, 2.45) is 5.92 Å². The zero-order valence-electron chi connectivity index (χ0n) is 16.4. The maximum absolute atomic E-state index is 12.3. The van der Waals surface area contributed by atoms with E-state index in [9.17, 15) is 9.59 Å². The first kappa shape index (κ1) is 21.2. The summed E-state index contributed by atoms with van der Waals surface area (Å²) in [7, 11) is 0. The molecule has 2 rings (SSSR count). The van der Waals surface area contributed by atoms with Crippen LogP contribution in [-0.2, 0) is 9.53 Å². The van der Waals surface area contributed by atoms with Gasteiger partial charge in [0.15, 0.2) is 0 Å². The summed E-state index contributed by atoms with van der Waals surface area (Å²) in [4.78, 5) is 22.8. The maximum atomic E-state index is 12.3. The molecule has 1 aromatic carbocycles. The Hall–Kier alpha value is -2.10. The summed E-state index contributed by atoms with van der Waals surface area (Å²) in [5, 5.41) is 8.64. The summed E-state index contributed by atoms with van der Waals surface area (Å²) in [6, 6.07) is 6.83. The largest absolute Gasteiger partial charge is 0.478 e. The van der Waals surface area contributed by atoms with Crippen molar-refractivity contribution >= 4 is 18.0 Å². The topological polar surface area (TPSA) is 63.6 Å². The highest BCUT2D eigenvalue weighted by Crippen LogP contribution is 2.30. The number of benzene rings is 1. The molecule has 27 heavy (non-hydrogen) atoms. The normalized spacial score (nSPS) is 19.9. The Kier molecular flexibility index (Phi) is 9.09. The molecular formula is C23H32O4. The second-order valence-electron chi connectivity index (χ2n) is 7.54. The molecule has 0 bridgehead atoms. The summed E-state index contributed by atoms with van der Waals surface area (Å²) >= 11 is 0. The lowest BCUT2D eigenvalue weighted by atomic mass is 9.84. The Bertz CT molecular complexity index is 610. The van der Waals surface area contributed by atoms with E-state index in [4.69, 9.17) is 9.84 Å². The molecule has 0 saturated heterocycles. The smallest absolute Gasteiger partial charge is 0.338 e.